The molecule has 1 fully saturated rings. The molecule has 0 saturated carbocycles. The van der Waals surface area contributed by atoms with Gasteiger partial charge in [0.25, 0.3) is 0 Å². The molecule has 0 aromatic rings. The Balaban J connectivity index is 0.00000121. The van der Waals surface area contributed by atoms with Gasteiger partial charge in [-0.25, -0.2) is 0 Å². The van der Waals surface area contributed by atoms with Crippen LogP contribution < -0.4 is 5.32 Å². The molecule has 0 aliphatic carbocycles. The van der Waals surface area contributed by atoms with Gasteiger partial charge in [-0.3, -0.25) is 4.79 Å². The predicted octanol–water partition coefficient (Wildman–Crippen LogP) is 0.969. The number of ether oxygens (including phenoxy) is 1. The number of carbonyl (C=O) groups excluding carboxylic acids is 1. The summed E-state index contributed by atoms with van der Waals surface area (Å²) >= 11 is 0. The van der Waals surface area contributed by atoms with Crippen molar-refractivity contribution in [3.63, 3.8) is 0 Å². The Morgan fingerprint density at radius 1 is 1.42 bits per heavy atom. The lowest BCUT2D eigenvalue weighted by molar-refractivity contribution is -0.161. The van der Waals surface area contributed by atoms with Gasteiger partial charge in [-0.2, -0.15) is 0 Å². The molecule has 72 valence electrons. The lowest BCUT2D eigenvalue weighted by atomic mass is 10.0. The minimum atomic E-state index is -0.341. The molecule has 0 atom stereocenters. The maximum Gasteiger partial charge on any atom is 0.312 e. The van der Waals surface area contributed by atoms with Gasteiger partial charge < -0.3 is 10.1 Å². The monoisotopic (exact) mass is 193 g/mol. The summed E-state index contributed by atoms with van der Waals surface area (Å²) in [6, 6.07) is 0. The molecule has 0 aromatic carbocycles. The van der Waals surface area contributed by atoms with Crippen molar-refractivity contribution in [2.24, 2.45) is 5.92 Å². The van der Waals surface area contributed by atoms with E-state index in [1.807, 2.05) is 20.8 Å². The molecule has 0 aromatic heterocycles. The molecule has 3 nitrogen and oxygen atoms in total. The van der Waals surface area contributed by atoms with Crippen LogP contribution in [0.4, 0.5) is 0 Å². The number of esters is 1. The first-order valence-corrected chi connectivity index (χ1v) is 3.92. The fraction of sp³-hybridized carbons (Fsp3) is 0.875. The molecule has 1 aliphatic heterocycles. The van der Waals surface area contributed by atoms with Crippen LogP contribution in [0.15, 0.2) is 0 Å². The average molecular weight is 194 g/mol. The maximum absolute atomic E-state index is 11.2. The molecule has 0 spiro atoms. The van der Waals surface area contributed by atoms with Gasteiger partial charge >= 0.3 is 5.97 Å². The van der Waals surface area contributed by atoms with Crippen molar-refractivity contribution in [1.29, 1.82) is 0 Å². The van der Waals surface area contributed by atoms with Gasteiger partial charge in [0.05, 0.1) is 5.92 Å². The third-order valence-electron chi connectivity index (χ3n) is 1.52. The van der Waals surface area contributed by atoms with E-state index in [1.54, 1.807) is 0 Å². The Hall–Kier alpha value is -0.280. The Kier molecular flexibility index (Phi) is 4.00. The van der Waals surface area contributed by atoms with Crippen LogP contribution in [0.25, 0.3) is 0 Å². The lowest BCUT2D eigenvalue weighted by Gasteiger charge is -2.29. The van der Waals surface area contributed by atoms with Crippen molar-refractivity contribution in [2.75, 3.05) is 13.1 Å². The minimum Gasteiger partial charge on any atom is -0.460 e. The van der Waals surface area contributed by atoms with Crippen LogP contribution in [0.2, 0.25) is 0 Å². The second-order valence-electron chi connectivity index (χ2n) is 3.89. The highest BCUT2D eigenvalue weighted by Crippen LogP contribution is 2.13. The topological polar surface area (TPSA) is 38.3 Å². The van der Waals surface area contributed by atoms with Gasteiger partial charge in [0, 0.05) is 13.1 Å². The molecule has 1 heterocycles. The Labute approximate surface area is 79.3 Å². The van der Waals surface area contributed by atoms with E-state index in [9.17, 15) is 4.79 Å². The van der Waals surface area contributed by atoms with Crippen LogP contribution in [-0.4, -0.2) is 24.7 Å². The van der Waals surface area contributed by atoms with E-state index in [4.69, 9.17) is 4.74 Å². The summed E-state index contributed by atoms with van der Waals surface area (Å²) in [7, 11) is 0. The van der Waals surface area contributed by atoms with Crippen molar-refractivity contribution in [1.82, 2.24) is 5.32 Å². The molecule has 0 radical (unpaired) electrons. The van der Waals surface area contributed by atoms with Gasteiger partial charge in [-0.05, 0) is 20.8 Å². The molecular formula is C8H16ClNO2. The molecule has 1 aliphatic rings. The number of halogens is 1. The molecule has 0 amide bonds. The van der Waals surface area contributed by atoms with E-state index >= 15 is 0 Å². The van der Waals surface area contributed by atoms with E-state index in [1.165, 1.54) is 0 Å². The van der Waals surface area contributed by atoms with E-state index in [2.05, 4.69) is 5.32 Å². The maximum atomic E-state index is 11.2. The van der Waals surface area contributed by atoms with Gasteiger partial charge in [-0.1, -0.05) is 0 Å². The van der Waals surface area contributed by atoms with Gasteiger partial charge in [0.1, 0.15) is 5.60 Å². The largest absolute Gasteiger partial charge is 0.460 e. The third-order valence-corrected chi connectivity index (χ3v) is 1.52. The van der Waals surface area contributed by atoms with Crippen LogP contribution in [0.5, 0.6) is 0 Å². The Bertz CT molecular complexity index is 161. The highest BCUT2D eigenvalue weighted by molar-refractivity contribution is 5.85. The summed E-state index contributed by atoms with van der Waals surface area (Å²) in [4.78, 5) is 11.2. The molecule has 12 heavy (non-hydrogen) atoms. The summed E-state index contributed by atoms with van der Waals surface area (Å²) in [5.74, 6) is 0.0190. The zero-order valence-corrected chi connectivity index (χ0v) is 8.53. The van der Waals surface area contributed by atoms with Gasteiger partial charge in [0.15, 0.2) is 0 Å². The molecular weight excluding hydrogens is 178 g/mol. The number of carbonyl (C=O) groups is 1. The molecule has 1 saturated heterocycles. The number of nitrogens with one attached hydrogen (secondary N) is 1. The van der Waals surface area contributed by atoms with Crippen molar-refractivity contribution < 1.29 is 9.53 Å². The second-order valence-corrected chi connectivity index (χ2v) is 3.89. The third kappa shape index (κ3) is 3.41. The normalized spacial score (nSPS) is 17.6. The van der Waals surface area contributed by atoms with E-state index in [-0.39, 0.29) is 29.9 Å². The highest BCUT2D eigenvalue weighted by Gasteiger charge is 2.29. The first kappa shape index (κ1) is 11.7. The summed E-state index contributed by atoms with van der Waals surface area (Å²) in [6.45, 7) is 7.20. The average Bonchev–Trinajstić information content (AvgIpc) is 1.50. The van der Waals surface area contributed by atoms with Crippen LogP contribution in [-0.2, 0) is 9.53 Å². The smallest absolute Gasteiger partial charge is 0.312 e. The van der Waals surface area contributed by atoms with E-state index < -0.39 is 0 Å². The summed E-state index contributed by atoms with van der Waals surface area (Å²) < 4.78 is 5.16. The van der Waals surface area contributed by atoms with Crippen LogP contribution in [0.1, 0.15) is 20.8 Å². The second kappa shape index (κ2) is 4.10. The zero-order chi connectivity index (χ0) is 8.48. The Morgan fingerprint density at radius 3 is 2.17 bits per heavy atom. The summed E-state index contributed by atoms with van der Waals surface area (Å²) in [5, 5.41) is 3.03. The molecule has 0 unspecified atom stereocenters. The molecule has 0 bridgehead atoms. The molecule has 1 rings (SSSR count). The summed E-state index contributed by atoms with van der Waals surface area (Å²) in [5.41, 5.74) is -0.341. The van der Waals surface area contributed by atoms with Crippen LogP contribution in [0.3, 0.4) is 0 Å². The van der Waals surface area contributed by atoms with Crippen LogP contribution in [0, 0.1) is 5.92 Å². The van der Waals surface area contributed by atoms with E-state index in [0.717, 1.165) is 13.1 Å². The number of hydrogen-bond donors (Lipinski definition) is 1. The highest BCUT2D eigenvalue weighted by atomic mass is 35.5. The summed E-state index contributed by atoms with van der Waals surface area (Å²) in [6.07, 6.45) is 0. The zero-order valence-electron chi connectivity index (χ0n) is 7.72. The van der Waals surface area contributed by atoms with E-state index in [0.29, 0.717) is 0 Å². The van der Waals surface area contributed by atoms with Crippen molar-refractivity contribution in [2.45, 2.75) is 26.4 Å². The molecule has 4 heteroatoms. The van der Waals surface area contributed by atoms with Crippen molar-refractivity contribution >= 4 is 18.4 Å². The minimum absolute atomic E-state index is 0. The Morgan fingerprint density at radius 2 is 1.92 bits per heavy atom. The standard InChI is InChI=1S/C8H15NO2.ClH/c1-8(2,3)11-7(10)6-4-9-5-6;/h6,9H,4-5H2,1-3H3;1H. The predicted molar refractivity (Wildman–Crippen MR) is 49.5 cm³/mol. The fourth-order valence-electron chi connectivity index (χ4n) is 0.840. The first-order valence-electron chi connectivity index (χ1n) is 3.92. The quantitative estimate of drug-likeness (QED) is 0.631. The van der Waals surface area contributed by atoms with Crippen molar-refractivity contribution in [3.8, 4) is 0 Å². The van der Waals surface area contributed by atoms with Gasteiger partial charge in [-0.15, -0.1) is 12.4 Å². The van der Waals surface area contributed by atoms with Crippen molar-refractivity contribution in [3.05, 3.63) is 0 Å². The molecule has 1 N–H and O–H groups in total. The first-order chi connectivity index (χ1) is 4.99. The number of rotatable bonds is 1. The lowest BCUT2D eigenvalue weighted by Crippen LogP contribution is -2.48. The number of hydrogen-bond acceptors (Lipinski definition) is 3. The SMILES string of the molecule is CC(C)(C)OC(=O)C1CNC1.Cl. The van der Waals surface area contributed by atoms with Crippen LogP contribution >= 0.6 is 12.4 Å². The fourth-order valence-corrected chi connectivity index (χ4v) is 0.840. The van der Waals surface area contributed by atoms with Gasteiger partial charge in [0.2, 0.25) is 0 Å².